The molecule has 0 saturated carbocycles. The zero-order valence-electron chi connectivity index (χ0n) is 10.2. The third kappa shape index (κ3) is 3.51. The number of anilines is 1. The molecule has 0 radical (unpaired) electrons. The van der Waals surface area contributed by atoms with Gasteiger partial charge in [0.25, 0.3) is 10.0 Å². The largest absolute Gasteiger partial charge is 0.481 e. The standard InChI is InChI=1S/C10H11N5O4S/c16-10(17)1-2-15-6-9(5-13-15)20(18,19)14-8-3-11-7-12-4-8/h3-7,14H,1-2H2,(H,16,17). The van der Waals surface area contributed by atoms with E-state index in [2.05, 4.69) is 19.8 Å². The lowest BCUT2D eigenvalue weighted by molar-refractivity contribution is -0.137. The molecule has 10 heteroatoms. The Labute approximate surface area is 114 Å². The minimum Gasteiger partial charge on any atom is -0.481 e. The van der Waals surface area contributed by atoms with Crippen molar-refractivity contribution in [3.63, 3.8) is 0 Å². The van der Waals surface area contributed by atoms with Crippen LogP contribution in [0.5, 0.6) is 0 Å². The summed E-state index contributed by atoms with van der Waals surface area (Å²) in [5.74, 6) is -0.982. The van der Waals surface area contributed by atoms with Crippen LogP contribution in [0.25, 0.3) is 0 Å². The Hall–Kier alpha value is -2.49. The second kappa shape index (κ2) is 5.65. The van der Waals surface area contributed by atoms with E-state index in [4.69, 9.17) is 5.11 Å². The van der Waals surface area contributed by atoms with Crippen molar-refractivity contribution < 1.29 is 18.3 Å². The Kier molecular flexibility index (Phi) is 3.94. The number of aliphatic carboxylic acids is 1. The van der Waals surface area contributed by atoms with E-state index in [0.29, 0.717) is 0 Å². The fourth-order valence-corrected chi connectivity index (χ4v) is 2.36. The lowest BCUT2D eigenvalue weighted by Crippen LogP contribution is -2.12. The van der Waals surface area contributed by atoms with Gasteiger partial charge in [-0.25, -0.2) is 18.4 Å². The Morgan fingerprint density at radius 3 is 2.65 bits per heavy atom. The molecule has 2 N–H and O–H groups in total. The van der Waals surface area contributed by atoms with Crippen LogP contribution in [0.15, 0.2) is 36.0 Å². The van der Waals surface area contributed by atoms with Crippen LogP contribution in [0, 0.1) is 0 Å². The molecule has 9 nitrogen and oxygen atoms in total. The van der Waals surface area contributed by atoms with E-state index in [1.54, 1.807) is 0 Å². The van der Waals surface area contributed by atoms with Crippen molar-refractivity contribution in [2.45, 2.75) is 17.9 Å². The van der Waals surface area contributed by atoms with Gasteiger partial charge in [-0.1, -0.05) is 0 Å². The van der Waals surface area contributed by atoms with Gasteiger partial charge in [-0.2, -0.15) is 5.10 Å². The van der Waals surface area contributed by atoms with Crippen molar-refractivity contribution >= 4 is 21.7 Å². The van der Waals surface area contributed by atoms with Gasteiger partial charge < -0.3 is 5.11 Å². The van der Waals surface area contributed by atoms with Gasteiger partial charge in [0.05, 0.1) is 37.2 Å². The normalized spacial score (nSPS) is 11.2. The molecule has 0 aliphatic carbocycles. The molecule has 0 bridgehead atoms. The van der Waals surface area contributed by atoms with Crippen molar-refractivity contribution in [3.8, 4) is 0 Å². The number of aryl methyl sites for hydroxylation is 1. The van der Waals surface area contributed by atoms with Gasteiger partial charge in [0.1, 0.15) is 11.2 Å². The van der Waals surface area contributed by atoms with E-state index in [1.807, 2.05) is 0 Å². The van der Waals surface area contributed by atoms with E-state index in [9.17, 15) is 13.2 Å². The van der Waals surface area contributed by atoms with Crippen LogP contribution < -0.4 is 4.72 Å². The molecule has 0 saturated heterocycles. The second-order valence-corrected chi connectivity index (χ2v) is 5.50. The number of nitrogens with one attached hydrogen (secondary N) is 1. The quantitative estimate of drug-likeness (QED) is 0.765. The first-order valence-electron chi connectivity index (χ1n) is 5.49. The monoisotopic (exact) mass is 297 g/mol. The zero-order valence-corrected chi connectivity index (χ0v) is 11.0. The number of hydrogen-bond donors (Lipinski definition) is 2. The van der Waals surface area contributed by atoms with E-state index in [1.165, 1.54) is 29.6 Å². The first-order chi connectivity index (χ1) is 9.47. The molecule has 2 aromatic heterocycles. The predicted octanol–water partition coefficient (Wildman–Crippen LogP) is -0.0514. The molecular weight excluding hydrogens is 286 g/mol. The maximum absolute atomic E-state index is 12.0. The van der Waals surface area contributed by atoms with Gasteiger partial charge in [0.15, 0.2) is 0 Å². The summed E-state index contributed by atoms with van der Waals surface area (Å²) in [6.45, 7) is 0.0965. The predicted molar refractivity (Wildman–Crippen MR) is 67.3 cm³/mol. The lowest BCUT2D eigenvalue weighted by atomic mass is 10.4. The topological polar surface area (TPSA) is 127 Å². The van der Waals surface area contributed by atoms with Crippen LogP contribution in [0.1, 0.15) is 6.42 Å². The molecule has 2 aromatic rings. The molecule has 0 unspecified atom stereocenters. The van der Waals surface area contributed by atoms with E-state index < -0.39 is 16.0 Å². The highest BCUT2D eigenvalue weighted by molar-refractivity contribution is 7.92. The highest BCUT2D eigenvalue weighted by Gasteiger charge is 2.17. The van der Waals surface area contributed by atoms with Gasteiger partial charge in [0.2, 0.25) is 0 Å². The molecule has 0 amide bonds. The summed E-state index contributed by atoms with van der Waals surface area (Å²) in [5.41, 5.74) is 0.228. The lowest BCUT2D eigenvalue weighted by Gasteiger charge is -2.04. The van der Waals surface area contributed by atoms with E-state index in [0.717, 1.165) is 6.20 Å². The first-order valence-corrected chi connectivity index (χ1v) is 6.98. The Morgan fingerprint density at radius 1 is 1.30 bits per heavy atom. The van der Waals surface area contributed by atoms with E-state index in [-0.39, 0.29) is 23.5 Å². The molecule has 20 heavy (non-hydrogen) atoms. The summed E-state index contributed by atoms with van der Waals surface area (Å²) in [6, 6.07) is 0. The van der Waals surface area contributed by atoms with Crippen LogP contribution in [0.2, 0.25) is 0 Å². The van der Waals surface area contributed by atoms with Crippen molar-refractivity contribution in [1.29, 1.82) is 0 Å². The average molecular weight is 297 g/mol. The number of hydrogen-bond acceptors (Lipinski definition) is 6. The SMILES string of the molecule is O=C(O)CCn1cc(S(=O)(=O)Nc2cncnc2)cn1. The fraction of sp³-hybridized carbons (Fsp3) is 0.200. The van der Waals surface area contributed by atoms with Crippen LogP contribution in [0.3, 0.4) is 0 Å². The molecule has 106 valence electrons. The van der Waals surface area contributed by atoms with Crippen LogP contribution in [0.4, 0.5) is 5.69 Å². The van der Waals surface area contributed by atoms with Crippen molar-refractivity contribution in [2.75, 3.05) is 4.72 Å². The van der Waals surface area contributed by atoms with Gasteiger partial charge in [-0.3, -0.25) is 14.2 Å². The number of aromatic nitrogens is 4. The third-order valence-corrected chi connectivity index (χ3v) is 3.62. The molecule has 0 fully saturated rings. The summed E-state index contributed by atoms with van der Waals surface area (Å²) in [6.07, 6.45) is 6.19. The molecule has 0 atom stereocenters. The maximum atomic E-state index is 12.0. The summed E-state index contributed by atoms with van der Waals surface area (Å²) in [5, 5.41) is 12.3. The number of carboxylic acids is 1. The molecule has 0 aliphatic heterocycles. The van der Waals surface area contributed by atoms with Gasteiger partial charge >= 0.3 is 5.97 Å². The maximum Gasteiger partial charge on any atom is 0.305 e. The van der Waals surface area contributed by atoms with E-state index >= 15 is 0 Å². The summed E-state index contributed by atoms with van der Waals surface area (Å²) in [4.78, 5) is 17.8. The molecule has 0 aliphatic rings. The molecule has 0 spiro atoms. The fourth-order valence-electron chi connectivity index (χ4n) is 1.38. The molecule has 0 aromatic carbocycles. The number of carboxylic acid groups (broad SMARTS) is 1. The first kappa shape index (κ1) is 13.9. The third-order valence-electron chi connectivity index (χ3n) is 2.29. The Morgan fingerprint density at radius 2 is 2.00 bits per heavy atom. The number of sulfonamides is 1. The Balaban J connectivity index is 2.12. The minimum absolute atomic E-state index is 0.0632. The second-order valence-electron chi connectivity index (χ2n) is 3.82. The smallest absolute Gasteiger partial charge is 0.305 e. The minimum atomic E-state index is -3.79. The summed E-state index contributed by atoms with van der Waals surface area (Å²) in [7, 11) is -3.79. The number of carbonyl (C=O) groups is 1. The summed E-state index contributed by atoms with van der Waals surface area (Å²) >= 11 is 0. The highest BCUT2D eigenvalue weighted by atomic mass is 32.2. The average Bonchev–Trinajstić information content (AvgIpc) is 2.86. The van der Waals surface area contributed by atoms with Crippen molar-refractivity contribution in [1.82, 2.24) is 19.7 Å². The molecule has 2 heterocycles. The summed E-state index contributed by atoms with van der Waals surface area (Å²) < 4.78 is 27.6. The molecular formula is C10H11N5O4S. The van der Waals surface area contributed by atoms with Crippen LogP contribution >= 0.6 is 0 Å². The Bertz CT molecular complexity index is 697. The van der Waals surface area contributed by atoms with Gasteiger partial charge in [-0.15, -0.1) is 0 Å². The number of nitrogens with zero attached hydrogens (tertiary/aromatic N) is 4. The van der Waals surface area contributed by atoms with Crippen molar-refractivity contribution in [2.24, 2.45) is 0 Å². The van der Waals surface area contributed by atoms with Crippen LogP contribution in [-0.4, -0.2) is 39.2 Å². The number of rotatable bonds is 6. The van der Waals surface area contributed by atoms with Gasteiger partial charge in [0, 0.05) is 6.20 Å². The highest BCUT2D eigenvalue weighted by Crippen LogP contribution is 2.13. The van der Waals surface area contributed by atoms with Crippen LogP contribution in [-0.2, 0) is 21.4 Å². The van der Waals surface area contributed by atoms with Gasteiger partial charge in [-0.05, 0) is 0 Å². The van der Waals surface area contributed by atoms with Crippen molar-refractivity contribution in [3.05, 3.63) is 31.1 Å². The molecule has 2 rings (SSSR count). The zero-order chi connectivity index (χ0) is 14.6.